The molecule has 0 saturated heterocycles. The van der Waals surface area contributed by atoms with Gasteiger partial charge in [-0.15, -0.1) is 0 Å². The van der Waals surface area contributed by atoms with Crippen molar-refractivity contribution in [3.8, 4) is 0 Å². The summed E-state index contributed by atoms with van der Waals surface area (Å²) in [6.07, 6.45) is 7.21. The van der Waals surface area contributed by atoms with E-state index in [4.69, 9.17) is 0 Å². The molecule has 0 amide bonds. The second-order valence-electron chi connectivity index (χ2n) is 2.63. The Morgan fingerprint density at radius 3 is 3.15 bits per heavy atom. The minimum atomic E-state index is 0.798. The number of imidazole rings is 1. The Balaban J connectivity index is 1.76. The topological polar surface area (TPSA) is 58.5 Å². The molecule has 2 N–H and O–H groups in total. The van der Waals surface area contributed by atoms with Crippen LogP contribution in [0.4, 0.5) is 5.95 Å². The number of aromatic amines is 1. The number of rotatable bonds is 4. The van der Waals surface area contributed by atoms with E-state index in [1.165, 1.54) is 0 Å². The molecule has 0 fully saturated rings. The minimum Gasteiger partial charge on any atom is -0.354 e. The summed E-state index contributed by atoms with van der Waals surface area (Å²) in [6, 6.07) is 1.91. The van der Waals surface area contributed by atoms with E-state index < -0.39 is 0 Å². The zero-order valence-corrected chi connectivity index (χ0v) is 7.14. The lowest BCUT2D eigenvalue weighted by molar-refractivity contribution is 0.636. The highest BCUT2D eigenvalue weighted by molar-refractivity contribution is 5.22. The molecule has 0 atom stereocenters. The van der Waals surface area contributed by atoms with Crippen LogP contribution in [0.1, 0.15) is 0 Å². The quantitative estimate of drug-likeness (QED) is 0.723. The number of hydrogen-bond donors (Lipinski definition) is 2. The molecule has 0 unspecified atom stereocenters. The van der Waals surface area contributed by atoms with Gasteiger partial charge in [0.15, 0.2) is 5.95 Å². The first-order chi connectivity index (χ1) is 6.45. The maximum absolute atomic E-state index is 4.08. The van der Waals surface area contributed by atoms with E-state index in [0.29, 0.717) is 0 Å². The van der Waals surface area contributed by atoms with Gasteiger partial charge in [0.05, 0.1) is 6.54 Å². The molecule has 0 radical (unpaired) electrons. The third kappa shape index (κ3) is 2.08. The summed E-state index contributed by atoms with van der Waals surface area (Å²) < 4.78 is 1.87. The van der Waals surface area contributed by atoms with Crippen LogP contribution in [0.2, 0.25) is 0 Å². The molecule has 5 nitrogen and oxygen atoms in total. The molecule has 0 saturated carbocycles. The van der Waals surface area contributed by atoms with Gasteiger partial charge in [0.25, 0.3) is 0 Å². The fourth-order valence-electron chi connectivity index (χ4n) is 1.08. The molecule has 0 aliphatic heterocycles. The van der Waals surface area contributed by atoms with Gasteiger partial charge >= 0.3 is 0 Å². The van der Waals surface area contributed by atoms with Gasteiger partial charge in [-0.2, -0.15) is 5.10 Å². The number of H-pyrrole nitrogens is 1. The average molecular weight is 177 g/mol. The van der Waals surface area contributed by atoms with Gasteiger partial charge in [-0.05, 0) is 6.07 Å². The van der Waals surface area contributed by atoms with Crippen molar-refractivity contribution >= 4 is 5.95 Å². The molecule has 0 aliphatic carbocycles. The maximum Gasteiger partial charge on any atom is 0.200 e. The van der Waals surface area contributed by atoms with Crippen molar-refractivity contribution in [1.82, 2.24) is 19.7 Å². The summed E-state index contributed by atoms with van der Waals surface area (Å²) in [7, 11) is 0. The summed E-state index contributed by atoms with van der Waals surface area (Å²) in [5, 5.41) is 7.22. The van der Waals surface area contributed by atoms with E-state index in [-0.39, 0.29) is 0 Å². The van der Waals surface area contributed by atoms with Crippen molar-refractivity contribution in [2.75, 3.05) is 11.9 Å². The molecule has 68 valence electrons. The van der Waals surface area contributed by atoms with Crippen LogP contribution in [-0.2, 0) is 6.54 Å². The largest absolute Gasteiger partial charge is 0.354 e. The number of aromatic nitrogens is 4. The lowest BCUT2D eigenvalue weighted by Crippen LogP contribution is -2.11. The third-order valence-electron chi connectivity index (χ3n) is 1.69. The first kappa shape index (κ1) is 7.85. The predicted octanol–water partition coefficient (Wildman–Crippen LogP) is 0.718. The third-order valence-corrected chi connectivity index (χ3v) is 1.69. The maximum atomic E-state index is 4.08. The van der Waals surface area contributed by atoms with Crippen LogP contribution in [0.5, 0.6) is 0 Å². The minimum absolute atomic E-state index is 0.798. The Labute approximate surface area is 75.8 Å². The van der Waals surface area contributed by atoms with E-state index in [2.05, 4.69) is 20.4 Å². The zero-order valence-electron chi connectivity index (χ0n) is 7.14. The number of anilines is 1. The highest BCUT2D eigenvalue weighted by Gasteiger charge is 1.92. The average Bonchev–Trinajstić information content (AvgIpc) is 2.75. The molecular weight excluding hydrogens is 166 g/mol. The number of nitrogens with one attached hydrogen (secondary N) is 2. The van der Waals surface area contributed by atoms with Crippen LogP contribution in [0.15, 0.2) is 30.9 Å². The smallest absolute Gasteiger partial charge is 0.200 e. The zero-order chi connectivity index (χ0) is 8.93. The highest BCUT2D eigenvalue weighted by Crippen LogP contribution is 1.93. The fourth-order valence-corrected chi connectivity index (χ4v) is 1.08. The van der Waals surface area contributed by atoms with E-state index in [9.17, 15) is 0 Å². The van der Waals surface area contributed by atoms with Crippen molar-refractivity contribution in [1.29, 1.82) is 0 Å². The van der Waals surface area contributed by atoms with E-state index >= 15 is 0 Å². The van der Waals surface area contributed by atoms with E-state index in [1.54, 1.807) is 18.6 Å². The molecule has 0 aromatic carbocycles. The second-order valence-corrected chi connectivity index (χ2v) is 2.63. The van der Waals surface area contributed by atoms with Gasteiger partial charge < -0.3 is 10.3 Å². The second kappa shape index (κ2) is 3.75. The van der Waals surface area contributed by atoms with Crippen molar-refractivity contribution in [3.05, 3.63) is 30.9 Å². The fraction of sp³-hybridized carbons (Fsp3) is 0.250. The van der Waals surface area contributed by atoms with Gasteiger partial charge in [-0.25, -0.2) is 4.98 Å². The van der Waals surface area contributed by atoms with Gasteiger partial charge in [0, 0.05) is 31.3 Å². The lowest BCUT2D eigenvalue weighted by Gasteiger charge is -2.02. The van der Waals surface area contributed by atoms with Crippen LogP contribution < -0.4 is 5.32 Å². The molecule has 5 heteroatoms. The Morgan fingerprint density at radius 2 is 2.46 bits per heavy atom. The van der Waals surface area contributed by atoms with Crippen molar-refractivity contribution in [2.45, 2.75) is 6.54 Å². The molecule has 2 aromatic rings. The highest BCUT2D eigenvalue weighted by atomic mass is 15.3. The monoisotopic (exact) mass is 177 g/mol. The first-order valence-electron chi connectivity index (χ1n) is 4.16. The van der Waals surface area contributed by atoms with Crippen molar-refractivity contribution < 1.29 is 0 Å². The SMILES string of the molecule is c1cnn(CCNc2ncc[nH]2)c1. The molecule has 2 aromatic heterocycles. The van der Waals surface area contributed by atoms with Crippen molar-refractivity contribution in [2.24, 2.45) is 0 Å². The Morgan fingerprint density at radius 1 is 1.46 bits per heavy atom. The van der Waals surface area contributed by atoms with Gasteiger partial charge in [0.1, 0.15) is 0 Å². The van der Waals surface area contributed by atoms with Crippen LogP contribution in [-0.4, -0.2) is 26.3 Å². The molecule has 13 heavy (non-hydrogen) atoms. The summed E-state index contributed by atoms with van der Waals surface area (Å²) in [4.78, 5) is 7.00. The molecule has 0 bridgehead atoms. The Hall–Kier alpha value is -1.78. The van der Waals surface area contributed by atoms with Crippen LogP contribution in [0, 0.1) is 0 Å². The predicted molar refractivity (Wildman–Crippen MR) is 49.3 cm³/mol. The first-order valence-corrected chi connectivity index (χ1v) is 4.16. The summed E-state index contributed by atoms with van der Waals surface area (Å²) in [6.45, 7) is 1.66. The van der Waals surface area contributed by atoms with Crippen LogP contribution in [0.3, 0.4) is 0 Å². The summed E-state index contributed by atoms with van der Waals surface area (Å²) in [5.74, 6) is 0.798. The molecular formula is C8H11N5. The van der Waals surface area contributed by atoms with E-state index in [1.807, 2.05) is 16.9 Å². The lowest BCUT2D eigenvalue weighted by atomic mass is 10.6. The molecule has 0 aliphatic rings. The van der Waals surface area contributed by atoms with Crippen LogP contribution in [0.25, 0.3) is 0 Å². The normalized spacial score (nSPS) is 10.2. The van der Waals surface area contributed by atoms with Gasteiger partial charge in [0.2, 0.25) is 0 Å². The Bertz CT molecular complexity index is 289. The van der Waals surface area contributed by atoms with Gasteiger partial charge in [-0.3, -0.25) is 4.68 Å². The molecule has 2 heterocycles. The van der Waals surface area contributed by atoms with Crippen LogP contribution >= 0.6 is 0 Å². The number of nitrogens with zero attached hydrogens (tertiary/aromatic N) is 3. The Kier molecular flexibility index (Phi) is 2.26. The standard InChI is InChI=1S/C8H11N5/c1-2-12-13(6-1)7-5-11-8-9-3-4-10-8/h1-4,6H,5,7H2,(H2,9,10,11). The summed E-state index contributed by atoms with van der Waals surface area (Å²) >= 11 is 0. The molecule has 0 spiro atoms. The number of hydrogen-bond acceptors (Lipinski definition) is 3. The van der Waals surface area contributed by atoms with E-state index in [0.717, 1.165) is 19.0 Å². The molecule has 2 rings (SSSR count). The summed E-state index contributed by atoms with van der Waals surface area (Å²) in [5.41, 5.74) is 0. The van der Waals surface area contributed by atoms with Gasteiger partial charge in [-0.1, -0.05) is 0 Å². The van der Waals surface area contributed by atoms with Crippen molar-refractivity contribution in [3.63, 3.8) is 0 Å².